The van der Waals surface area contributed by atoms with Gasteiger partial charge in [0.15, 0.2) is 0 Å². The smallest absolute Gasteiger partial charge is 0.105 e. The lowest BCUT2D eigenvalue weighted by Gasteiger charge is -2.13. The van der Waals surface area contributed by atoms with Crippen LogP contribution in [0.5, 0.6) is 0 Å². The Hall–Kier alpha value is -0.330. The van der Waals surface area contributed by atoms with Crippen LogP contribution in [0.15, 0.2) is 11.6 Å². The summed E-state index contributed by atoms with van der Waals surface area (Å²) in [6.45, 7) is 7.66. The molecule has 0 atom stereocenters. The SMILES string of the molecule is C/C=C(\CC)CCCCCCC(C)(C)F. The molecule has 90 valence electrons. The molecule has 0 N–H and O–H groups in total. The van der Waals surface area contributed by atoms with Crippen molar-refractivity contribution in [3.05, 3.63) is 11.6 Å². The third-order valence-corrected chi connectivity index (χ3v) is 2.88. The lowest BCUT2D eigenvalue weighted by molar-refractivity contribution is 0.195. The molecule has 0 spiro atoms. The van der Waals surface area contributed by atoms with Gasteiger partial charge in [0.05, 0.1) is 0 Å². The molecular formula is C14H27F. The lowest BCUT2D eigenvalue weighted by atomic mass is 10.00. The van der Waals surface area contributed by atoms with Crippen LogP contribution in [0.25, 0.3) is 0 Å². The quantitative estimate of drug-likeness (QED) is 0.373. The molecule has 1 heteroatoms. The molecule has 0 nitrogen and oxygen atoms in total. The van der Waals surface area contributed by atoms with Crippen LogP contribution in [0.3, 0.4) is 0 Å². The number of halogens is 1. The Bertz CT molecular complexity index is 174. The summed E-state index contributed by atoms with van der Waals surface area (Å²) in [5.41, 5.74) is 0.582. The first-order valence-electron chi connectivity index (χ1n) is 6.32. The first kappa shape index (κ1) is 14.7. The van der Waals surface area contributed by atoms with Crippen molar-refractivity contribution in [1.82, 2.24) is 0 Å². The molecule has 0 aliphatic heterocycles. The second kappa shape index (κ2) is 7.90. The number of unbranched alkanes of at least 4 members (excludes halogenated alkanes) is 3. The number of allylic oxidation sites excluding steroid dienone is 2. The van der Waals surface area contributed by atoms with E-state index in [0.29, 0.717) is 6.42 Å². The van der Waals surface area contributed by atoms with E-state index in [0.717, 1.165) is 6.42 Å². The predicted molar refractivity (Wildman–Crippen MR) is 66.9 cm³/mol. The van der Waals surface area contributed by atoms with E-state index in [1.807, 2.05) is 0 Å². The van der Waals surface area contributed by atoms with Gasteiger partial charge in [0.1, 0.15) is 5.67 Å². The van der Waals surface area contributed by atoms with E-state index in [4.69, 9.17) is 0 Å². The fraction of sp³-hybridized carbons (Fsp3) is 0.857. The van der Waals surface area contributed by atoms with Gasteiger partial charge in [-0.05, 0) is 46.5 Å². The molecular weight excluding hydrogens is 187 g/mol. The highest BCUT2D eigenvalue weighted by Crippen LogP contribution is 2.19. The first-order chi connectivity index (χ1) is 6.99. The zero-order valence-corrected chi connectivity index (χ0v) is 10.9. The predicted octanol–water partition coefficient (Wildman–Crippen LogP) is 5.43. The van der Waals surface area contributed by atoms with Crippen LogP contribution in [-0.2, 0) is 0 Å². The molecule has 0 unspecified atom stereocenters. The molecule has 0 fully saturated rings. The van der Waals surface area contributed by atoms with Gasteiger partial charge in [0, 0.05) is 0 Å². The molecule has 15 heavy (non-hydrogen) atoms. The summed E-state index contributed by atoms with van der Waals surface area (Å²) in [6.07, 6.45) is 10.0. The Morgan fingerprint density at radius 3 is 2.20 bits per heavy atom. The Kier molecular flexibility index (Phi) is 7.72. The van der Waals surface area contributed by atoms with Gasteiger partial charge >= 0.3 is 0 Å². The number of rotatable bonds is 8. The van der Waals surface area contributed by atoms with Crippen molar-refractivity contribution >= 4 is 0 Å². The third-order valence-electron chi connectivity index (χ3n) is 2.88. The Morgan fingerprint density at radius 2 is 1.73 bits per heavy atom. The molecule has 0 saturated carbocycles. The van der Waals surface area contributed by atoms with Crippen LogP contribution in [0.2, 0.25) is 0 Å². The zero-order valence-electron chi connectivity index (χ0n) is 10.9. The topological polar surface area (TPSA) is 0 Å². The van der Waals surface area contributed by atoms with Crippen molar-refractivity contribution in [3.63, 3.8) is 0 Å². The fourth-order valence-corrected chi connectivity index (χ4v) is 1.78. The van der Waals surface area contributed by atoms with E-state index >= 15 is 0 Å². The van der Waals surface area contributed by atoms with Gasteiger partial charge in [0.2, 0.25) is 0 Å². The first-order valence-corrected chi connectivity index (χ1v) is 6.32. The lowest BCUT2D eigenvalue weighted by Crippen LogP contribution is -2.10. The highest BCUT2D eigenvalue weighted by Gasteiger charge is 2.13. The minimum absolute atomic E-state index is 0.706. The van der Waals surface area contributed by atoms with Gasteiger partial charge in [-0.15, -0.1) is 0 Å². The van der Waals surface area contributed by atoms with Crippen molar-refractivity contribution in [3.8, 4) is 0 Å². The van der Waals surface area contributed by atoms with Gasteiger partial charge < -0.3 is 0 Å². The largest absolute Gasteiger partial charge is 0.245 e. The fourth-order valence-electron chi connectivity index (χ4n) is 1.78. The maximum Gasteiger partial charge on any atom is 0.105 e. The number of hydrogen-bond acceptors (Lipinski definition) is 0. The highest BCUT2D eigenvalue weighted by atomic mass is 19.1. The van der Waals surface area contributed by atoms with Gasteiger partial charge in [0.25, 0.3) is 0 Å². The summed E-state index contributed by atoms with van der Waals surface area (Å²) in [6, 6.07) is 0. The second-order valence-corrected chi connectivity index (χ2v) is 4.93. The third kappa shape index (κ3) is 9.96. The normalized spacial score (nSPS) is 13.3. The Morgan fingerprint density at radius 1 is 1.13 bits per heavy atom. The highest BCUT2D eigenvalue weighted by molar-refractivity contribution is 4.98. The Labute approximate surface area is 95.0 Å². The molecule has 0 amide bonds. The van der Waals surface area contributed by atoms with E-state index in [1.165, 1.54) is 32.1 Å². The minimum Gasteiger partial charge on any atom is -0.245 e. The van der Waals surface area contributed by atoms with Crippen LogP contribution < -0.4 is 0 Å². The molecule has 0 aliphatic rings. The molecule has 0 aliphatic carbocycles. The van der Waals surface area contributed by atoms with Crippen molar-refractivity contribution < 1.29 is 4.39 Å². The van der Waals surface area contributed by atoms with Crippen LogP contribution in [-0.4, -0.2) is 5.67 Å². The maximum atomic E-state index is 13.1. The van der Waals surface area contributed by atoms with Crippen LogP contribution in [0.4, 0.5) is 4.39 Å². The summed E-state index contributed by atoms with van der Waals surface area (Å²) in [5.74, 6) is 0. The monoisotopic (exact) mass is 214 g/mol. The van der Waals surface area contributed by atoms with Crippen molar-refractivity contribution in [1.29, 1.82) is 0 Å². The number of hydrogen-bond donors (Lipinski definition) is 0. The average Bonchev–Trinajstić information content (AvgIpc) is 2.15. The summed E-state index contributed by atoms with van der Waals surface area (Å²) in [4.78, 5) is 0. The summed E-state index contributed by atoms with van der Waals surface area (Å²) in [7, 11) is 0. The van der Waals surface area contributed by atoms with E-state index < -0.39 is 5.67 Å². The van der Waals surface area contributed by atoms with Crippen molar-refractivity contribution in [2.75, 3.05) is 0 Å². The van der Waals surface area contributed by atoms with Gasteiger partial charge in [-0.3, -0.25) is 0 Å². The molecule has 0 saturated heterocycles. The summed E-state index contributed by atoms with van der Waals surface area (Å²) >= 11 is 0. The van der Waals surface area contributed by atoms with E-state index in [-0.39, 0.29) is 0 Å². The molecule has 0 aromatic carbocycles. The van der Waals surface area contributed by atoms with Crippen molar-refractivity contribution in [2.45, 2.75) is 78.3 Å². The molecule has 0 bridgehead atoms. The maximum absolute atomic E-state index is 13.1. The van der Waals surface area contributed by atoms with Crippen LogP contribution in [0, 0.1) is 0 Å². The van der Waals surface area contributed by atoms with Gasteiger partial charge in [-0.25, -0.2) is 4.39 Å². The van der Waals surface area contributed by atoms with Gasteiger partial charge in [-0.1, -0.05) is 37.8 Å². The van der Waals surface area contributed by atoms with Crippen LogP contribution >= 0.6 is 0 Å². The molecule has 0 radical (unpaired) electrons. The molecule has 0 heterocycles. The number of alkyl halides is 1. The standard InChI is InChI=1S/C14H27F/c1-5-13(6-2)11-9-7-8-10-12-14(3,4)15/h5H,6-12H2,1-4H3/b13-5+. The molecule has 0 rings (SSSR count). The van der Waals surface area contributed by atoms with Crippen LogP contribution in [0.1, 0.15) is 72.6 Å². The summed E-state index contributed by atoms with van der Waals surface area (Å²) in [5, 5.41) is 0. The van der Waals surface area contributed by atoms with E-state index in [1.54, 1.807) is 19.4 Å². The molecule has 0 aromatic heterocycles. The minimum atomic E-state index is -0.974. The Balaban J connectivity index is 3.33. The summed E-state index contributed by atoms with van der Waals surface area (Å²) < 4.78 is 13.1. The molecule has 0 aromatic rings. The van der Waals surface area contributed by atoms with Gasteiger partial charge in [-0.2, -0.15) is 0 Å². The van der Waals surface area contributed by atoms with E-state index in [2.05, 4.69) is 19.9 Å². The average molecular weight is 214 g/mol. The second-order valence-electron chi connectivity index (χ2n) is 4.93. The van der Waals surface area contributed by atoms with Crippen molar-refractivity contribution in [2.24, 2.45) is 0 Å². The van der Waals surface area contributed by atoms with E-state index in [9.17, 15) is 4.39 Å². The zero-order chi connectivity index (χ0) is 11.7.